The van der Waals surface area contributed by atoms with Crippen molar-refractivity contribution in [3.8, 4) is 0 Å². The normalized spacial score (nSPS) is 28.5. The third-order valence-electron chi connectivity index (χ3n) is 6.24. The molecule has 0 aromatic carbocycles. The van der Waals surface area contributed by atoms with Crippen LogP contribution in [0.2, 0.25) is 0 Å². The first-order chi connectivity index (χ1) is 11.7. The van der Waals surface area contributed by atoms with Crippen LogP contribution >= 0.6 is 11.3 Å². The molecule has 2 aliphatic carbocycles. The van der Waals surface area contributed by atoms with Gasteiger partial charge in [-0.2, -0.15) is 0 Å². The van der Waals surface area contributed by atoms with Gasteiger partial charge >= 0.3 is 0 Å². The monoisotopic (exact) mass is 345 g/mol. The molecule has 1 aliphatic heterocycles. The van der Waals surface area contributed by atoms with E-state index in [4.69, 9.17) is 0 Å². The highest BCUT2D eigenvalue weighted by Gasteiger charge is 2.57. The second kappa shape index (κ2) is 6.60. The molecule has 2 atom stereocenters. The largest absolute Gasteiger partial charge is 0.342 e. The third-order valence-corrected chi connectivity index (χ3v) is 7.00. The van der Waals surface area contributed by atoms with Gasteiger partial charge in [0.2, 0.25) is 5.91 Å². The van der Waals surface area contributed by atoms with Crippen LogP contribution in [-0.2, 0) is 11.3 Å². The number of amides is 1. The van der Waals surface area contributed by atoms with Gasteiger partial charge in [-0.1, -0.05) is 12.2 Å². The standard InChI is InChI=1S/C19H27N3OS/c1-21(14-17-20-9-12-24-17)16-13-19(16)7-10-22(11-8-19)18(23)15-5-3-2-4-6-15/h2-3,9,12,15-16H,4-8,10-11,13-14H2,1H3/t15-,16+/m1/s1. The number of aromatic nitrogens is 1. The average molecular weight is 346 g/mol. The Hall–Kier alpha value is -1.20. The lowest BCUT2D eigenvalue weighted by molar-refractivity contribution is -0.137. The van der Waals surface area contributed by atoms with Crippen molar-refractivity contribution in [2.24, 2.45) is 11.3 Å². The van der Waals surface area contributed by atoms with Gasteiger partial charge in [0.25, 0.3) is 0 Å². The molecule has 1 saturated heterocycles. The number of carbonyl (C=O) groups excluding carboxylic acids is 1. The summed E-state index contributed by atoms with van der Waals surface area (Å²) >= 11 is 1.74. The zero-order chi connectivity index (χ0) is 16.6. The van der Waals surface area contributed by atoms with Crippen molar-refractivity contribution < 1.29 is 4.79 Å². The lowest BCUT2D eigenvalue weighted by atomic mass is 9.89. The molecule has 1 amide bonds. The van der Waals surface area contributed by atoms with Crippen LogP contribution in [-0.4, -0.2) is 46.9 Å². The number of hydrogen-bond donors (Lipinski definition) is 0. The fourth-order valence-corrected chi connectivity index (χ4v) is 5.27. The van der Waals surface area contributed by atoms with E-state index in [-0.39, 0.29) is 5.92 Å². The highest BCUT2D eigenvalue weighted by molar-refractivity contribution is 7.09. The number of rotatable bonds is 4. The Morgan fingerprint density at radius 3 is 2.92 bits per heavy atom. The van der Waals surface area contributed by atoms with Crippen molar-refractivity contribution >= 4 is 17.2 Å². The summed E-state index contributed by atoms with van der Waals surface area (Å²) in [5.41, 5.74) is 0.468. The summed E-state index contributed by atoms with van der Waals surface area (Å²) in [6.45, 7) is 2.88. The first-order valence-electron chi connectivity index (χ1n) is 9.20. The van der Waals surface area contributed by atoms with Crippen molar-refractivity contribution in [3.63, 3.8) is 0 Å². The van der Waals surface area contributed by atoms with E-state index in [1.165, 1.54) is 24.3 Å². The summed E-state index contributed by atoms with van der Waals surface area (Å²) in [4.78, 5) is 21.7. The summed E-state index contributed by atoms with van der Waals surface area (Å²) in [7, 11) is 2.23. The van der Waals surface area contributed by atoms with Gasteiger partial charge in [0.1, 0.15) is 5.01 Å². The predicted octanol–water partition coefficient (Wildman–Crippen LogP) is 3.31. The number of carbonyl (C=O) groups is 1. The molecule has 1 aromatic rings. The van der Waals surface area contributed by atoms with Crippen LogP contribution in [0, 0.1) is 11.3 Å². The second-order valence-electron chi connectivity index (χ2n) is 7.73. The Morgan fingerprint density at radius 2 is 2.25 bits per heavy atom. The highest BCUT2D eigenvalue weighted by Crippen LogP contribution is 2.56. The van der Waals surface area contributed by atoms with Crippen molar-refractivity contribution in [2.45, 2.75) is 51.1 Å². The molecular formula is C19H27N3OS. The van der Waals surface area contributed by atoms with E-state index in [0.29, 0.717) is 17.4 Å². The molecule has 4 nitrogen and oxygen atoms in total. The molecule has 4 rings (SSSR count). The Labute approximate surface area is 148 Å². The topological polar surface area (TPSA) is 36.4 Å². The Morgan fingerprint density at radius 1 is 1.42 bits per heavy atom. The molecule has 3 aliphatic rings. The number of likely N-dealkylation sites (tertiary alicyclic amines) is 1. The van der Waals surface area contributed by atoms with Gasteiger partial charge in [0, 0.05) is 36.6 Å². The van der Waals surface area contributed by atoms with Crippen LogP contribution in [0.1, 0.15) is 43.5 Å². The zero-order valence-electron chi connectivity index (χ0n) is 14.5. The summed E-state index contributed by atoms with van der Waals surface area (Å²) in [5.74, 6) is 0.647. The van der Waals surface area contributed by atoms with E-state index in [2.05, 4.69) is 39.4 Å². The third kappa shape index (κ3) is 3.16. The molecule has 1 aromatic heterocycles. The van der Waals surface area contributed by atoms with E-state index in [1.54, 1.807) is 11.3 Å². The van der Waals surface area contributed by atoms with Gasteiger partial charge in [-0.05, 0) is 51.0 Å². The fourth-order valence-electron chi connectivity index (χ4n) is 4.59. The van der Waals surface area contributed by atoms with Crippen LogP contribution in [0.25, 0.3) is 0 Å². The molecular weight excluding hydrogens is 318 g/mol. The summed E-state index contributed by atoms with van der Waals surface area (Å²) in [6, 6.07) is 0.677. The highest BCUT2D eigenvalue weighted by atomic mass is 32.1. The maximum Gasteiger partial charge on any atom is 0.226 e. The van der Waals surface area contributed by atoms with Crippen LogP contribution < -0.4 is 0 Å². The number of hydrogen-bond acceptors (Lipinski definition) is 4. The van der Waals surface area contributed by atoms with Gasteiger partial charge < -0.3 is 4.90 Å². The molecule has 24 heavy (non-hydrogen) atoms. The number of nitrogens with zero attached hydrogens (tertiary/aromatic N) is 3. The minimum atomic E-state index is 0.242. The average Bonchev–Trinajstić information content (AvgIpc) is 3.07. The van der Waals surface area contributed by atoms with Gasteiger partial charge in [-0.25, -0.2) is 4.98 Å². The molecule has 0 unspecified atom stereocenters. The van der Waals surface area contributed by atoms with Crippen LogP contribution in [0.5, 0.6) is 0 Å². The number of allylic oxidation sites excluding steroid dienone is 2. The maximum atomic E-state index is 12.7. The Bertz CT molecular complexity index is 604. The summed E-state index contributed by atoms with van der Waals surface area (Å²) in [6.07, 6.45) is 13.0. The molecule has 130 valence electrons. The summed E-state index contributed by atoms with van der Waals surface area (Å²) < 4.78 is 0. The smallest absolute Gasteiger partial charge is 0.226 e. The first-order valence-corrected chi connectivity index (χ1v) is 10.1. The zero-order valence-corrected chi connectivity index (χ0v) is 15.3. The van der Waals surface area contributed by atoms with Gasteiger partial charge in [-0.15, -0.1) is 11.3 Å². The predicted molar refractivity (Wildman–Crippen MR) is 96.7 cm³/mol. The maximum absolute atomic E-state index is 12.7. The molecule has 0 bridgehead atoms. The fraction of sp³-hybridized carbons (Fsp3) is 0.684. The van der Waals surface area contributed by atoms with Crippen LogP contribution in [0.4, 0.5) is 0 Å². The number of piperidine rings is 1. The van der Waals surface area contributed by atoms with E-state index in [0.717, 1.165) is 38.9 Å². The minimum Gasteiger partial charge on any atom is -0.342 e. The molecule has 0 N–H and O–H groups in total. The molecule has 2 fully saturated rings. The first kappa shape index (κ1) is 16.3. The van der Waals surface area contributed by atoms with Gasteiger partial charge in [0.05, 0.1) is 6.54 Å². The van der Waals surface area contributed by atoms with Crippen molar-refractivity contribution in [1.29, 1.82) is 0 Å². The second-order valence-corrected chi connectivity index (χ2v) is 8.71. The molecule has 5 heteroatoms. The van der Waals surface area contributed by atoms with Crippen molar-refractivity contribution in [2.75, 3.05) is 20.1 Å². The molecule has 1 spiro atoms. The van der Waals surface area contributed by atoms with Crippen LogP contribution in [0.15, 0.2) is 23.7 Å². The van der Waals surface area contributed by atoms with Gasteiger partial charge in [0.15, 0.2) is 0 Å². The Balaban J connectivity index is 1.29. The van der Waals surface area contributed by atoms with Crippen molar-refractivity contribution in [3.05, 3.63) is 28.7 Å². The lowest BCUT2D eigenvalue weighted by Crippen LogP contribution is -2.44. The van der Waals surface area contributed by atoms with Crippen LogP contribution in [0.3, 0.4) is 0 Å². The van der Waals surface area contributed by atoms with E-state index < -0.39 is 0 Å². The minimum absolute atomic E-state index is 0.242. The van der Waals surface area contributed by atoms with E-state index in [9.17, 15) is 4.79 Å². The van der Waals surface area contributed by atoms with Gasteiger partial charge in [-0.3, -0.25) is 9.69 Å². The quantitative estimate of drug-likeness (QED) is 0.786. The Kier molecular flexibility index (Phi) is 4.48. The molecule has 2 heterocycles. The summed E-state index contributed by atoms with van der Waals surface area (Å²) in [5, 5.41) is 3.26. The van der Waals surface area contributed by atoms with Crippen molar-refractivity contribution in [1.82, 2.24) is 14.8 Å². The SMILES string of the molecule is CN(Cc1nccs1)[C@H]1CC12CCN(C(=O)[C@@H]1CC=CCC1)CC2. The van der Waals surface area contributed by atoms with E-state index in [1.807, 2.05) is 6.20 Å². The molecule has 0 radical (unpaired) electrons. The number of thiazole rings is 1. The molecule has 1 saturated carbocycles. The lowest BCUT2D eigenvalue weighted by Gasteiger charge is -2.36. The van der Waals surface area contributed by atoms with E-state index >= 15 is 0 Å².